The van der Waals surface area contributed by atoms with Crippen molar-refractivity contribution in [3.63, 3.8) is 0 Å². The molecule has 0 bridgehead atoms. The van der Waals surface area contributed by atoms with Crippen LogP contribution in [0, 0.1) is 0 Å². The lowest BCUT2D eigenvalue weighted by Gasteiger charge is -2.09. The molecule has 1 heterocycles. The van der Waals surface area contributed by atoms with Gasteiger partial charge in [0.2, 0.25) is 5.91 Å². The second-order valence-electron chi connectivity index (χ2n) is 6.26. The summed E-state index contributed by atoms with van der Waals surface area (Å²) in [5.41, 5.74) is 2.51. The number of aromatic nitrogens is 2. The third kappa shape index (κ3) is 5.46. The van der Waals surface area contributed by atoms with E-state index in [0.717, 1.165) is 0 Å². The molecule has 0 atom stereocenters. The average Bonchev–Trinajstić information content (AvgIpc) is 2.68. The first-order valence-electron chi connectivity index (χ1n) is 8.80. The number of nitrogens with zero attached hydrogens (tertiary/aromatic N) is 2. The Bertz CT molecular complexity index is 1060. The van der Waals surface area contributed by atoms with Gasteiger partial charge in [-0.2, -0.15) is 0 Å². The van der Waals surface area contributed by atoms with E-state index in [0.29, 0.717) is 28.4 Å². The maximum absolute atomic E-state index is 12.4. The fourth-order valence-corrected chi connectivity index (χ4v) is 2.55. The van der Waals surface area contributed by atoms with E-state index in [-0.39, 0.29) is 17.4 Å². The van der Waals surface area contributed by atoms with E-state index < -0.39 is 5.91 Å². The van der Waals surface area contributed by atoms with Crippen LogP contribution in [0.3, 0.4) is 0 Å². The van der Waals surface area contributed by atoms with Gasteiger partial charge in [-0.15, -0.1) is 0 Å². The molecule has 0 fully saturated rings. The van der Waals surface area contributed by atoms with Crippen LogP contribution < -0.4 is 16.0 Å². The first kappa shape index (κ1) is 19.7. The summed E-state index contributed by atoms with van der Waals surface area (Å²) in [6.07, 6.45) is 2.79. The Kier molecular flexibility index (Phi) is 5.94. The molecule has 0 spiro atoms. The molecule has 0 saturated heterocycles. The summed E-state index contributed by atoms with van der Waals surface area (Å²) in [7, 11) is 0. The first-order valence-corrected chi connectivity index (χ1v) is 8.80. The molecule has 1 aromatic heterocycles. The van der Waals surface area contributed by atoms with Crippen molar-refractivity contribution in [2.75, 3.05) is 16.0 Å². The number of hydrogen-bond acceptors (Lipinski definition) is 6. The minimum Gasteiger partial charge on any atom is -0.339 e. The van der Waals surface area contributed by atoms with E-state index in [1.165, 1.54) is 26.2 Å². The molecular formula is C21H19N5O3. The molecule has 8 heteroatoms. The van der Waals surface area contributed by atoms with Crippen LogP contribution in [0.2, 0.25) is 0 Å². The van der Waals surface area contributed by atoms with Crippen LogP contribution in [0.4, 0.5) is 22.9 Å². The van der Waals surface area contributed by atoms with Crippen LogP contribution in [-0.4, -0.2) is 27.6 Å². The summed E-state index contributed by atoms with van der Waals surface area (Å²) in [6.45, 7) is 2.90. The number of rotatable bonds is 6. The fourth-order valence-electron chi connectivity index (χ4n) is 2.55. The summed E-state index contributed by atoms with van der Waals surface area (Å²) >= 11 is 0. The summed E-state index contributed by atoms with van der Waals surface area (Å²) in [4.78, 5) is 43.3. The molecule has 0 aliphatic carbocycles. The zero-order chi connectivity index (χ0) is 20.8. The fraction of sp³-hybridized carbons (Fsp3) is 0.0952. The summed E-state index contributed by atoms with van der Waals surface area (Å²) in [5, 5.41) is 8.45. The second-order valence-corrected chi connectivity index (χ2v) is 6.26. The topological polar surface area (TPSA) is 113 Å². The standard InChI is InChI=1S/C21H19N5O3/c1-13(27)15-5-3-6-16(9-15)26-21(29)19-11-23-20(12-22-19)25-18-8-4-7-17(10-18)24-14(2)28/h3-12H,1-2H3,(H,23,25)(H,24,28)(H,26,29). The van der Waals surface area contributed by atoms with Gasteiger partial charge >= 0.3 is 0 Å². The van der Waals surface area contributed by atoms with Crippen LogP contribution in [-0.2, 0) is 4.79 Å². The van der Waals surface area contributed by atoms with Gasteiger partial charge in [-0.25, -0.2) is 9.97 Å². The number of anilines is 4. The van der Waals surface area contributed by atoms with Crippen molar-refractivity contribution in [2.24, 2.45) is 0 Å². The van der Waals surface area contributed by atoms with Gasteiger partial charge in [0, 0.05) is 29.5 Å². The highest BCUT2D eigenvalue weighted by Crippen LogP contribution is 2.19. The van der Waals surface area contributed by atoms with Crippen LogP contribution in [0.25, 0.3) is 0 Å². The number of benzene rings is 2. The lowest BCUT2D eigenvalue weighted by Crippen LogP contribution is -2.14. The molecular weight excluding hydrogens is 370 g/mol. The molecule has 8 nitrogen and oxygen atoms in total. The van der Waals surface area contributed by atoms with Gasteiger partial charge in [0.25, 0.3) is 5.91 Å². The van der Waals surface area contributed by atoms with Gasteiger partial charge in [0.05, 0.1) is 12.4 Å². The maximum atomic E-state index is 12.4. The number of carbonyl (C=O) groups is 3. The summed E-state index contributed by atoms with van der Waals surface area (Å²) in [6, 6.07) is 13.8. The number of ketones is 1. The Hall–Kier alpha value is -4.07. The van der Waals surface area contributed by atoms with Crippen molar-refractivity contribution in [1.82, 2.24) is 9.97 Å². The highest BCUT2D eigenvalue weighted by molar-refractivity contribution is 6.03. The molecule has 29 heavy (non-hydrogen) atoms. The molecule has 146 valence electrons. The van der Waals surface area contributed by atoms with Crippen LogP contribution in [0.5, 0.6) is 0 Å². The molecule has 2 aromatic carbocycles. The average molecular weight is 389 g/mol. The molecule has 0 radical (unpaired) electrons. The van der Waals surface area contributed by atoms with E-state index in [4.69, 9.17) is 0 Å². The Balaban J connectivity index is 1.67. The van der Waals surface area contributed by atoms with E-state index in [1.54, 1.807) is 42.5 Å². The zero-order valence-corrected chi connectivity index (χ0v) is 15.9. The van der Waals surface area contributed by atoms with Crippen LogP contribution >= 0.6 is 0 Å². The van der Waals surface area contributed by atoms with Crippen molar-refractivity contribution < 1.29 is 14.4 Å². The minimum atomic E-state index is -0.433. The van der Waals surface area contributed by atoms with E-state index in [1.807, 2.05) is 6.07 Å². The monoisotopic (exact) mass is 389 g/mol. The second kappa shape index (κ2) is 8.75. The van der Waals surface area contributed by atoms with Crippen molar-refractivity contribution in [1.29, 1.82) is 0 Å². The van der Waals surface area contributed by atoms with Crippen molar-refractivity contribution in [3.8, 4) is 0 Å². The Morgan fingerprint density at radius 1 is 0.793 bits per heavy atom. The number of carbonyl (C=O) groups excluding carboxylic acids is 3. The lowest BCUT2D eigenvalue weighted by molar-refractivity contribution is -0.114. The normalized spacial score (nSPS) is 10.1. The minimum absolute atomic E-state index is 0.0844. The third-order valence-corrected chi connectivity index (χ3v) is 3.87. The van der Waals surface area contributed by atoms with Crippen LogP contribution in [0.15, 0.2) is 60.9 Å². The van der Waals surface area contributed by atoms with Gasteiger partial charge in [-0.1, -0.05) is 18.2 Å². The maximum Gasteiger partial charge on any atom is 0.275 e. The number of nitrogens with one attached hydrogen (secondary N) is 3. The predicted octanol–water partition coefficient (Wildman–Crippen LogP) is 3.63. The van der Waals surface area contributed by atoms with Gasteiger partial charge in [-0.05, 0) is 37.3 Å². The molecule has 3 N–H and O–H groups in total. The van der Waals surface area contributed by atoms with Gasteiger partial charge in [0.15, 0.2) is 5.78 Å². The molecule has 0 saturated carbocycles. The molecule has 0 aliphatic heterocycles. The smallest absolute Gasteiger partial charge is 0.275 e. The quantitative estimate of drug-likeness (QED) is 0.555. The van der Waals surface area contributed by atoms with E-state index in [2.05, 4.69) is 25.9 Å². The van der Waals surface area contributed by atoms with Crippen molar-refractivity contribution in [3.05, 3.63) is 72.2 Å². The molecule has 3 aromatic rings. The zero-order valence-electron chi connectivity index (χ0n) is 15.9. The van der Waals surface area contributed by atoms with Gasteiger partial charge in [-0.3, -0.25) is 14.4 Å². The molecule has 0 unspecified atom stereocenters. The van der Waals surface area contributed by atoms with Crippen molar-refractivity contribution in [2.45, 2.75) is 13.8 Å². The highest BCUT2D eigenvalue weighted by Gasteiger charge is 2.10. The molecule has 2 amide bonds. The largest absolute Gasteiger partial charge is 0.339 e. The summed E-state index contributed by atoms with van der Waals surface area (Å²) < 4.78 is 0. The number of amides is 2. The highest BCUT2D eigenvalue weighted by atomic mass is 16.2. The van der Waals surface area contributed by atoms with Crippen molar-refractivity contribution >= 4 is 40.5 Å². The van der Waals surface area contributed by atoms with Gasteiger partial charge < -0.3 is 16.0 Å². The SMILES string of the molecule is CC(=O)Nc1cccc(Nc2cnc(C(=O)Nc3cccc(C(C)=O)c3)cn2)c1. The summed E-state index contributed by atoms with van der Waals surface area (Å²) in [5.74, 6) is -0.234. The van der Waals surface area contributed by atoms with E-state index >= 15 is 0 Å². The number of Topliss-reactive ketones (excluding diaryl/α,β-unsaturated/α-hetero) is 1. The molecule has 3 rings (SSSR count). The van der Waals surface area contributed by atoms with Crippen LogP contribution in [0.1, 0.15) is 34.7 Å². The Morgan fingerprint density at radius 3 is 2.14 bits per heavy atom. The Morgan fingerprint density at radius 2 is 1.48 bits per heavy atom. The lowest BCUT2D eigenvalue weighted by atomic mass is 10.1. The predicted molar refractivity (Wildman–Crippen MR) is 110 cm³/mol. The van der Waals surface area contributed by atoms with E-state index in [9.17, 15) is 14.4 Å². The Labute approximate surface area is 167 Å². The number of hydrogen-bond donors (Lipinski definition) is 3. The van der Waals surface area contributed by atoms with Gasteiger partial charge in [0.1, 0.15) is 11.5 Å². The first-order chi connectivity index (χ1) is 13.9. The third-order valence-electron chi connectivity index (χ3n) is 3.87. The molecule has 0 aliphatic rings.